The van der Waals surface area contributed by atoms with E-state index in [0.717, 1.165) is 43.6 Å². The first-order valence-corrected chi connectivity index (χ1v) is 12.2. The number of carbonyl (C=O) groups excluding carboxylic acids is 3. The molecule has 0 aromatic heterocycles. The molecule has 4 rings (SSSR count). The monoisotopic (exact) mass is 476 g/mol. The van der Waals surface area contributed by atoms with E-state index in [9.17, 15) is 14.4 Å². The number of rotatable bonds is 6. The number of hydrogen-bond donors (Lipinski definition) is 1. The van der Waals surface area contributed by atoms with Crippen molar-refractivity contribution in [1.29, 1.82) is 0 Å². The highest BCUT2D eigenvalue weighted by Gasteiger charge is 2.33. The van der Waals surface area contributed by atoms with Gasteiger partial charge in [-0.1, -0.05) is 24.4 Å². The van der Waals surface area contributed by atoms with Crippen molar-refractivity contribution in [2.75, 3.05) is 44.6 Å². The molecule has 2 saturated heterocycles. The zero-order valence-corrected chi connectivity index (χ0v) is 20.2. The molecule has 180 valence electrons. The van der Waals surface area contributed by atoms with Gasteiger partial charge in [-0.15, -0.1) is 0 Å². The molecule has 0 spiro atoms. The summed E-state index contributed by atoms with van der Waals surface area (Å²) in [6, 6.07) is 3.85. The van der Waals surface area contributed by atoms with E-state index in [1.807, 2.05) is 13.0 Å². The van der Waals surface area contributed by atoms with Gasteiger partial charge in [-0.25, -0.2) is 4.79 Å². The van der Waals surface area contributed by atoms with Crippen LogP contribution >= 0.6 is 11.6 Å². The standard InChI is InChI=1S/C24H33ClN4O4/c1-16-13-27(7-8-29(16)23(31)18-5-3-4-6-18)14-19-11-20(25)12-21(17(19)2)26-22(30)15-28-9-10-33-24(28)32/h11-12,16,18H,3-10,13-15H2,1-2H3,(H,26,30)/t16-/m0/s1. The fourth-order valence-corrected chi connectivity index (χ4v) is 5.36. The van der Waals surface area contributed by atoms with Gasteiger partial charge in [-0.05, 0) is 49.9 Å². The van der Waals surface area contributed by atoms with Crippen LogP contribution in [0.3, 0.4) is 0 Å². The van der Waals surface area contributed by atoms with E-state index >= 15 is 0 Å². The van der Waals surface area contributed by atoms with Crippen molar-refractivity contribution in [3.63, 3.8) is 0 Å². The molecule has 1 N–H and O–H groups in total. The quantitative estimate of drug-likeness (QED) is 0.681. The van der Waals surface area contributed by atoms with E-state index in [1.165, 1.54) is 17.7 Å². The third-order valence-electron chi connectivity index (χ3n) is 7.03. The molecule has 2 heterocycles. The summed E-state index contributed by atoms with van der Waals surface area (Å²) in [5.74, 6) is 0.256. The molecule has 3 amide bonds. The lowest BCUT2D eigenvalue weighted by atomic mass is 10.0. The van der Waals surface area contributed by atoms with Crippen LogP contribution in [0.1, 0.15) is 43.7 Å². The first kappa shape index (κ1) is 23.8. The second-order valence-electron chi connectivity index (χ2n) is 9.42. The highest BCUT2D eigenvalue weighted by molar-refractivity contribution is 6.31. The molecule has 1 atom stereocenters. The Balaban J connectivity index is 1.37. The van der Waals surface area contributed by atoms with E-state index in [2.05, 4.69) is 22.0 Å². The van der Waals surface area contributed by atoms with Crippen LogP contribution in [0.5, 0.6) is 0 Å². The Kier molecular flexibility index (Phi) is 7.44. The first-order chi connectivity index (χ1) is 15.8. The van der Waals surface area contributed by atoms with Crippen LogP contribution in [0, 0.1) is 12.8 Å². The molecule has 33 heavy (non-hydrogen) atoms. The molecule has 3 fully saturated rings. The topological polar surface area (TPSA) is 82.2 Å². The molecule has 0 unspecified atom stereocenters. The molecule has 1 aromatic carbocycles. The van der Waals surface area contributed by atoms with Crippen LogP contribution in [-0.2, 0) is 20.9 Å². The maximum atomic E-state index is 12.9. The summed E-state index contributed by atoms with van der Waals surface area (Å²) < 4.78 is 4.88. The Morgan fingerprint density at radius 1 is 1.18 bits per heavy atom. The van der Waals surface area contributed by atoms with Crippen LogP contribution in [0.15, 0.2) is 12.1 Å². The number of nitrogens with zero attached hydrogens (tertiary/aromatic N) is 3. The number of carbonyl (C=O) groups is 3. The molecule has 1 saturated carbocycles. The van der Waals surface area contributed by atoms with Crippen molar-refractivity contribution < 1.29 is 19.1 Å². The summed E-state index contributed by atoms with van der Waals surface area (Å²) in [7, 11) is 0. The molecule has 1 aromatic rings. The fraction of sp³-hybridized carbons (Fsp3) is 0.625. The zero-order chi connectivity index (χ0) is 23.5. The number of hydrogen-bond acceptors (Lipinski definition) is 5. The van der Waals surface area contributed by atoms with Gasteiger partial charge in [0.05, 0.1) is 6.54 Å². The van der Waals surface area contributed by atoms with Crippen molar-refractivity contribution in [3.05, 3.63) is 28.3 Å². The maximum Gasteiger partial charge on any atom is 0.410 e. The molecule has 1 aliphatic carbocycles. The molecule has 3 aliphatic rings. The molecule has 2 aliphatic heterocycles. The average molecular weight is 477 g/mol. The molecular weight excluding hydrogens is 444 g/mol. The lowest BCUT2D eigenvalue weighted by molar-refractivity contribution is -0.140. The first-order valence-electron chi connectivity index (χ1n) is 11.8. The predicted octanol–water partition coefficient (Wildman–Crippen LogP) is 3.26. The highest BCUT2D eigenvalue weighted by atomic mass is 35.5. The molecule has 9 heteroatoms. The largest absolute Gasteiger partial charge is 0.448 e. The second-order valence-corrected chi connectivity index (χ2v) is 9.86. The van der Waals surface area contributed by atoms with Gasteiger partial charge >= 0.3 is 6.09 Å². The Morgan fingerprint density at radius 2 is 1.94 bits per heavy atom. The summed E-state index contributed by atoms with van der Waals surface area (Å²) in [4.78, 5) is 42.7. The van der Waals surface area contributed by atoms with Crippen LogP contribution in [0.2, 0.25) is 5.02 Å². The summed E-state index contributed by atoms with van der Waals surface area (Å²) >= 11 is 6.38. The van der Waals surface area contributed by atoms with Crippen molar-refractivity contribution >= 4 is 35.2 Å². The summed E-state index contributed by atoms with van der Waals surface area (Å²) in [6.07, 6.45) is 3.93. The number of cyclic esters (lactones) is 1. The summed E-state index contributed by atoms with van der Waals surface area (Å²) in [5.41, 5.74) is 2.65. The van der Waals surface area contributed by atoms with Crippen LogP contribution < -0.4 is 5.32 Å². The van der Waals surface area contributed by atoms with Gasteiger partial charge in [0.15, 0.2) is 0 Å². The number of ether oxygens (including phenoxy) is 1. The minimum atomic E-state index is -0.465. The highest BCUT2D eigenvalue weighted by Crippen LogP contribution is 2.29. The third-order valence-corrected chi connectivity index (χ3v) is 7.24. The lowest BCUT2D eigenvalue weighted by Crippen LogP contribution is -2.54. The predicted molar refractivity (Wildman–Crippen MR) is 126 cm³/mol. The number of piperazine rings is 1. The smallest absolute Gasteiger partial charge is 0.410 e. The van der Waals surface area contributed by atoms with Crippen molar-refractivity contribution in [3.8, 4) is 0 Å². The third kappa shape index (κ3) is 5.61. The van der Waals surface area contributed by atoms with Crippen molar-refractivity contribution in [2.24, 2.45) is 5.92 Å². The van der Waals surface area contributed by atoms with Crippen molar-refractivity contribution in [2.45, 2.75) is 52.1 Å². The summed E-state index contributed by atoms with van der Waals surface area (Å²) in [5, 5.41) is 3.44. The molecule has 0 bridgehead atoms. The molecule has 8 nitrogen and oxygen atoms in total. The van der Waals surface area contributed by atoms with Gasteiger partial charge in [0.1, 0.15) is 13.2 Å². The summed E-state index contributed by atoms with van der Waals surface area (Å²) in [6.45, 7) is 7.83. The second kappa shape index (κ2) is 10.3. The van der Waals surface area contributed by atoms with Crippen LogP contribution in [0.25, 0.3) is 0 Å². The van der Waals surface area contributed by atoms with Crippen LogP contribution in [-0.4, -0.2) is 78.0 Å². The SMILES string of the molecule is Cc1c(CN2CCN(C(=O)C3CCCC3)[C@@H](C)C2)cc(Cl)cc1NC(=O)CN1CCOC1=O. The van der Waals surface area contributed by atoms with Gasteiger partial charge in [0.2, 0.25) is 11.8 Å². The number of amides is 3. The Labute approximate surface area is 200 Å². The molecular formula is C24H33ClN4O4. The van der Waals surface area contributed by atoms with Crippen molar-refractivity contribution in [1.82, 2.24) is 14.7 Å². The van der Waals surface area contributed by atoms with E-state index in [4.69, 9.17) is 16.3 Å². The Hall–Kier alpha value is -2.32. The zero-order valence-electron chi connectivity index (χ0n) is 19.4. The molecule has 0 radical (unpaired) electrons. The van der Waals surface area contributed by atoms with E-state index < -0.39 is 6.09 Å². The van der Waals surface area contributed by atoms with E-state index in [0.29, 0.717) is 36.3 Å². The number of halogens is 1. The van der Waals surface area contributed by atoms with Gasteiger partial charge in [-0.2, -0.15) is 0 Å². The number of anilines is 1. The van der Waals surface area contributed by atoms with E-state index in [1.54, 1.807) is 6.07 Å². The lowest BCUT2D eigenvalue weighted by Gasteiger charge is -2.41. The van der Waals surface area contributed by atoms with Gasteiger partial charge in [0, 0.05) is 48.8 Å². The normalized spacial score (nSPS) is 22.0. The average Bonchev–Trinajstić information content (AvgIpc) is 3.43. The number of benzene rings is 1. The van der Waals surface area contributed by atoms with Crippen LogP contribution in [0.4, 0.5) is 10.5 Å². The number of nitrogens with one attached hydrogen (secondary N) is 1. The van der Waals surface area contributed by atoms with Gasteiger partial charge in [-0.3, -0.25) is 19.4 Å². The maximum absolute atomic E-state index is 12.9. The fourth-order valence-electron chi connectivity index (χ4n) is 5.11. The Morgan fingerprint density at radius 3 is 2.61 bits per heavy atom. The minimum absolute atomic E-state index is 0.0470. The van der Waals surface area contributed by atoms with E-state index in [-0.39, 0.29) is 24.4 Å². The minimum Gasteiger partial charge on any atom is -0.448 e. The Bertz CT molecular complexity index is 918. The van der Waals surface area contributed by atoms with Gasteiger partial charge < -0.3 is 15.0 Å². The van der Waals surface area contributed by atoms with Gasteiger partial charge in [0.25, 0.3) is 0 Å².